The lowest BCUT2D eigenvalue weighted by Crippen LogP contribution is -2.24. The Morgan fingerprint density at radius 2 is 1.47 bits per heavy atom. The molecule has 0 bridgehead atoms. The maximum atomic E-state index is 12.4. The van der Waals surface area contributed by atoms with Crippen molar-refractivity contribution in [2.75, 3.05) is 26.1 Å². The third-order valence-electron chi connectivity index (χ3n) is 4.30. The number of hydrogen-bond donors (Lipinski definition) is 1. The van der Waals surface area contributed by atoms with Crippen LogP contribution in [0.25, 0.3) is 0 Å². The Hall–Kier alpha value is -3.68. The number of rotatable bonds is 8. The highest BCUT2D eigenvalue weighted by Crippen LogP contribution is 2.21. The molecule has 0 fully saturated rings. The lowest BCUT2D eigenvalue weighted by atomic mass is 9.97. The van der Waals surface area contributed by atoms with Crippen LogP contribution in [-0.2, 0) is 23.8 Å². The van der Waals surface area contributed by atoms with Gasteiger partial charge in [0.2, 0.25) is 0 Å². The van der Waals surface area contributed by atoms with Gasteiger partial charge in [0.15, 0.2) is 6.61 Å². The van der Waals surface area contributed by atoms with Crippen LogP contribution in [0.1, 0.15) is 45.5 Å². The van der Waals surface area contributed by atoms with Gasteiger partial charge in [-0.05, 0) is 30.2 Å². The van der Waals surface area contributed by atoms with E-state index in [1.165, 1.54) is 32.4 Å². The molecular weight excluding hydrogens is 390 g/mol. The van der Waals surface area contributed by atoms with Gasteiger partial charge in [0.05, 0.1) is 31.3 Å². The predicted molar refractivity (Wildman–Crippen MR) is 108 cm³/mol. The number of carbonyl (C=O) groups excluding carboxylic acids is 4. The van der Waals surface area contributed by atoms with E-state index >= 15 is 0 Å². The molecule has 1 atom stereocenters. The molecule has 0 radical (unpaired) electrons. The van der Waals surface area contributed by atoms with Crippen molar-refractivity contribution in [2.45, 2.75) is 19.3 Å². The fourth-order valence-corrected chi connectivity index (χ4v) is 2.83. The second-order valence-electron chi connectivity index (χ2n) is 6.31. The molecule has 1 N–H and O–H groups in total. The summed E-state index contributed by atoms with van der Waals surface area (Å²) in [7, 11) is 2.39. The molecule has 2 aromatic carbocycles. The van der Waals surface area contributed by atoms with E-state index in [1.54, 1.807) is 0 Å². The molecule has 158 valence electrons. The second kappa shape index (κ2) is 10.8. The summed E-state index contributed by atoms with van der Waals surface area (Å²) in [6.07, 6.45) is 0.522. The minimum Gasteiger partial charge on any atom is -0.465 e. The summed E-state index contributed by atoms with van der Waals surface area (Å²) in [5.74, 6) is -2.98. The summed E-state index contributed by atoms with van der Waals surface area (Å²) in [6, 6.07) is 13.1. The monoisotopic (exact) mass is 413 g/mol. The van der Waals surface area contributed by atoms with E-state index in [9.17, 15) is 19.2 Å². The zero-order chi connectivity index (χ0) is 22.1. The molecule has 0 saturated heterocycles. The van der Waals surface area contributed by atoms with Gasteiger partial charge < -0.3 is 19.5 Å². The molecule has 30 heavy (non-hydrogen) atoms. The molecule has 2 rings (SSSR count). The van der Waals surface area contributed by atoms with E-state index in [1.807, 2.05) is 37.3 Å². The molecule has 0 unspecified atom stereocenters. The molecule has 0 aliphatic rings. The molecule has 0 aliphatic carbocycles. The molecule has 0 spiro atoms. The third-order valence-corrected chi connectivity index (χ3v) is 4.30. The fraction of sp³-hybridized carbons (Fsp3) is 0.273. The SMILES string of the molecule is CC[C@H](C(=O)OCC(=O)Nc1cc(C(=O)OC)cc(C(=O)OC)c1)c1ccccc1. The number of benzene rings is 2. The van der Waals surface area contributed by atoms with Crippen molar-refractivity contribution in [3.63, 3.8) is 0 Å². The average Bonchev–Trinajstić information content (AvgIpc) is 2.77. The zero-order valence-corrected chi connectivity index (χ0v) is 17.0. The highest BCUT2D eigenvalue weighted by molar-refractivity contribution is 6.00. The Kier molecular flexibility index (Phi) is 8.10. The van der Waals surface area contributed by atoms with Gasteiger partial charge in [0.1, 0.15) is 0 Å². The lowest BCUT2D eigenvalue weighted by molar-refractivity contribution is -0.149. The summed E-state index contributed by atoms with van der Waals surface area (Å²) >= 11 is 0. The third kappa shape index (κ3) is 5.91. The Bertz CT molecular complexity index is 890. The number of carbonyl (C=O) groups is 4. The molecule has 0 saturated carbocycles. The van der Waals surface area contributed by atoms with Crippen molar-refractivity contribution in [3.8, 4) is 0 Å². The highest BCUT2D eigenvalue weighted by Gasteiger charge is 2.21. The first-order valence-corrected chi connectivity index (χ1v) is 9.22. The van der Waals surface area contributed by atoms with Crippen molar-refractivity contribution >= 4 is 29.5 Å². The smallest absolute Gasteiger partial charge is 0.337 e. The van der Waals surface area contributed by atoms with Gasteiger partial charge in [-0.1, -0.05) is 37.3 Å². The number of esters is 3. The number of anilines is 1. The molecule has 0 heterocycles. The van der Waals surface area contributed by atoms with Crippen molar-refractivity contribution in [1.29, 1.82) is 0 Å². The highest BCUT2D eigenvalue weighted by atomic mass is 16.5. The summed E-state index contributed by atoms with van der Waals surface area (Å²) in [6.45, 7) is 1.34. The van der Waals surface area contributed by atoms with Crippen LogP contribution in [0.5, 0.6) is 0 Å². The van der Waals surface area contributed by atoms with Crippen LogP contribution < -0.4 is 5.32 Å². The maximum absolute atomic E-state index is 12.4. The summed E-state index contributed by atoms with van der Waals surface area (Å²) in [4.78, 5) is 48.2. The average molecular weight is 413 g/mol. The molecule has 0 aromatic heterocycles. The van der Waals surface area contributed by atoms with Crippen LogP contribution in [0.15, 0.2) is 48.5 Å². The van der Waals surface area contributed by atoms with Gasteiger partial charge >= 0.3 is 17.9 Å². The standard InChI is InChI=1S/C22H23NO7/c1-4-18(14-8-6-5-7-9-14)22(27)30-13-19(24)23-17-11-15(20(25)28-2)10-16(12-17)21(26)29-3/h5-12,18H,4,13H2,1-3H3,(H,23,24)/t18-/m0/s1. The van der Waals surface area contributed by atoms with Gasteiger partial charge in [-0.2, -0.15) is 0 Å². The predicted octanol–water partition coefficient (Wildman–Crippen LogP) is 2.94. The van der Waals surface area contributed by atoms with Crippen LogP contribution in [0.3, 0.4) is 0 Å². The molecule has 0 aliphatic heterocycles. The molecule has 1 amide bonds. The van der Waals surface area contributed by atoms with Gasteiger partial charge in [-0.15, -0.1) is 0 Å². The van der Waals surface area contributed by atoms with E-state index in [0.29, 0.717) is 6.42 Å². The van der Waals surface area contributed by atoms with Crippen molar-refractivity contribution in [2.24, 2.45) is 0 Å². The molecule has 8 heteroatoms. The number of hydrogen-bond acceptors (Lipinski definition) is 7. The minimum absolute atomic E-state index is 0.0582. The van der Waals surface area contributed by atoms with Crippen LogP contribution in [0, 0.1) is 0 Å². The first-order chi connectivity index (χ1) is 14.4. The zero-order valence-electron chi connectivity index (χ0n) is 17.0. The van der Waals surface area contributed by atoms with Crippen LogP contribution in [0.4, 0.5) is 5.69 Å². The van der Waals surface area contributed by atoms with E-state index < -0.39 is 36.3 Å². The topological polar surface area (TPSA) is 108 Å². The fourth-order valence-electron chi connectivity index (χ4n) is 2.83. The normalized spacial score (nSPS) is 11.2. The molecule has 8 nitrogen and oxygen atoms in total. The molecular formula is C22H23NO7. The van der Waals surface area contributed by atoms with Crippen molar-refractivity contribution in [3.05, 3.63) is 65.2 Å². The Morgan fingerprint density at radius 3 is 1.97 bits per heavy atom. The second-order valence-corrected chi connectivity index (χ2v) is 6.31. The number of methoxy groups -OCH3 is 2. The number of amides is 1. The summed E-state index contributed by atoms with van der Waals surface area (Å²) < 4.78 is 14.4. The van der Waals surface area contributed by atoms with E-state index in [2.05, 4.69) is 14.8 Å². The van der Waals surface area contributed by atoms with Gasteiger partial charge in [-0.3, -0.25) is 9.59 Å². The van der Waals surface area contributed by atoms with E-state index in [4.69, 9.17) is 4.74 Å². The molecule has 2 aromatic rings. The Balaban J connectivity index is 2.07. The lowest BCUT2D eigenvalue weighted by Gasteiger charge is -2.15. The van der Waals surface area contributed by atoms with Crippen LogP contribution >= 0.6 is 0 Å². The number of ether oxygens (including phenoxy) is 3. The maximum Gasteiger partial charge on any atom is 0.337 e. The van der Waals surface area contributed by atoms with Crippen molar-refractivity contribution < 1.29 is 33.4 Å². The summed E-state index contributed by atoms with van der Waals surface area (Å²) in [5, 5.41) is 2.50. The van der Waals surface area contributed by atoms with Gasteiger partial charge in [0, 0.05) is 5.69 Å². The Morgan fingerprint density at radius 1 is 0.900 bits per heavy atom. The first kappa shape index (κ1) is 22.6. The Labute approximate surface area is 174 Å². The number of nitrogens with one attached hydrogen (secondary N) is 1. The van der Waals surface area contributed by atoms with Crippen molar-refractivity contribution in [1.82, 2.24) is 0 Å². The van der Waals surface area contributed by atoms with Gasteiger partial charge in [0.25, 0.3) is 5.91 Å². The van der Waals surface area contributed by atoms with E-state index in [-0.39, 0.29) is 16.8 Å². The van der Waals surface area contributed by atoms with E-state index in [0.717, 1.165) is 5.56 Å². The quantitative estimate of drug-likeness (QED) is 0.524. The first-order valence-electron chi connectivity index (χ1n) is 9.22. The summed E-state index contributed by atoms with van der Waals surface area (Å²) in [5.41, 5.74) is 1.08. The van der Waals surface area contributed by atoms with Gasteiger partial charge in [-0.25, -0.2) is 9.59 Å². The minimum atomic E-state index is -0.684. The van der Waals surface area contributed by atoms with Crippen LogP contribution in [-0.4, -0.2) is 44.6 Å². The van der Waals surface area contributed by atoms with Crippen LogP contribution in [0.2, 0.25) is 0 Å². The largest absolute Gasteiger partial charge is 0.465 e.